The zero-order chi connectivity index (χ0) is 20.9. The minimum Gasteiger partial charge on any atom is -0.329 e. The molecule has 0 N–H and O–H groups in total. The van der Waals surface area contributed by atoms with Crippen LogP contribution in [0.4, 0.5) is 5.69 Å². The summed E-state index contributed by atoms with van der Waals surface area (Å²) < 4.78 is 26.8. The second-order valence-electron chi connectivity index (χ2n) is 7.96. The molecule has 30 heavy (non-hydrogen) atoms. The van der Waals surface area contributed by atoms with Crippen molar-refractivity contribution in [3.8, 4) is 0 Å². The Morgan fingerprint density at radius 1 is 1.13 bits per heavy atom. The van der Waals surface area contributed by atoms with E-state index >= 15 is 0 Å². The number of benzene rings is 2. The molecule has 8 heteroatoms. The van der Waals surface area contributed by atoms with E-state index in [1.54, 1.807) is 23.5 Å². The number of carbonyl (C=O) groups is 1. The summed E-state index contributed by atoms with van der Waals surface area (Å²) in [7, 11) is -3.31. The summed E-state index contributed by atoms with van der Waals surface area (Å²) in [5, 5.41) is 0.989. The van der Waals surface area contributed by atoms with Crippen LogP contribution in [0.1, 0.15) is 46.2 Å². The normalized spacial score (nSPS) is 19.3. The highest BCUT2D eigenvalue weighted by Gasteiger charge is 2.33. The Labute approximate surface area is 180 Å². The highest BCUT2D eigenvalue weighted by atomic mass is 32.2. The van der Waals surface area contributed by atoms with Crippen LogP contribution in [0.25, 0.3) is 10.2 Å². The van der Waals surface area contributed by atoms with Crippen LogP contribution >= 0.6 is 11.3 Å². The molecule has 0 saturated carbocycles. The molecule has 1 fully saturated rings. The Hall–Kier alpha value is -2.45. The van der Waals surface area contributed by atoms with Gasteiger partial charge in [-0.2, -0.15) is 0 Å². The molecule has 1 saturated heterocycles. The van der Waals surface area contributed by atoms with E-state index in [4.69, 9.17) is 4.98 Å². The van der Waals surface area contributed by atoms with Crippen molar-refractivity contribution in [2.24, 2.45) is 0 Å². The number of aromatic nitrogens is 1. The van der Waals surface area contributed by atoms with Crippen molar-refractivity contribution in [1.29, 1.82) is 0 Å². The lowest BCUT2D eigenvalue weighted by molar-refractivity contribution is 0.0735. The number of aryl methyl sites for hydroxylation is 1. The van der Waals surface area contributed by atoms with E-state index in [0.29, 0.717) is 24.3 Å². The van der Waals surface area contributed by atoms with Crippen LogP contribution in [0.2, 0.25) is 0 Å². The smallest absolute Gasteiger partial charge is 0.254 e. The monoisotopic (exact) mass is 441 g/mol. The SMILES string of the molecule is CS(=O)(=O)N1CCCc2cc(C(=O)N3CCC[C@H]3c3nc4ccccc4s3)ccc21. The van der Waals surface area contributed by atoms with Crippen LogP contribution in [0, 0.1) is 0 Å². The molecule has 0 bridgehead atoms. The van der Waals surface area contributed by atoms with E-state index in [9.17, 15) is 13.2 Å². The maximum atomic E-state index is 13.4. The van der Waals surface area contributed by atoms with E-state index < -0.39 is 10.0 Å². The molecule has 156 valence electrons. The number of para-hydroxylation sites is 1. The van der Waals surface area contributed by atoms with Crippen LogP contribution in [0.15, 0.2) is 42.5 Å². The molecular formula is C22H23N3O3S2. The number of hydrogen-bond donors (Lipinski definition) is 0. The van der Waals surface area contributed by atoms with Gasteiger partial charge in [0.15, 0.2) is 0 Å². The Morgan fingerprint density at radius 2 is 1.97 bits per heavy atom. The van der Waals surface area contributed by atoms with Crippen molar-refractivity contribution < 1.29 is 13.2 Å². The Kier molecular flexibility index (Phi) is 4.78. The first kappa shape index (κ1) is 19.5. The van der Waals surface area contributed by atoms with Gasteiger partial charge in [0.25, 0.3) is 5.91 Å². The third-order valence-corrected chi connectivity index (χ3v) is 8.23. The maximum Gasteiger partial charge on any atom is 0.254 e. The van der Waals surface area contributed by atoms with Crippen molar-refractivity contribution >= 4 is 43.2 Å². The fourth-order valence-corrected chi connectivity index (χ4v) is 6.62. The number of amides is 1. The van der Waals surface area contributed by atoms with Gasteiger partial charge in [-0.05, 0) is 61.6 Å². The highest BCUT2D eigenvalue weighted by Crippen LogP contribution is 2.38. The van der Waals surface area contributed by atoms with E-state index in [2.05, 4.69) is 6.07 Å². The van der Waals surface area contributed by atoms with Gasteiger partial charge in [-0.15, -0.1) is 11.3 Å². The summed E-state index contributed by atoms with van der Waals surface area (Å²) in [6.45, 7) is 1.21. The van der Waals surface area contributed by atoms with Crippen molar-refractivity contribution in [2.75, 3.05) is 23.7 Å². The van der Waals surface area contributed by atoms with E-state index in [-0.39, 0.29) is 11.9 Å². The summed E-state index contributed by atoms with van der Waals surface area (Å²) in [5.74, 6) is -0.00367. The fraction of sp³-hybridized carbons (Fsp3) is 0.364. The average Bonchev–Trinajstić information content (AvgIpc) is 3.38. The van der Waals surface area contributed by atoms with Crippen LogP contribution in [-0.2, 0) is 16.4 Å². The first-order chi connectivity index (χ1) is 14.4. The first-order valence-electron chi connectivity index (χ1n) is 10.2. The first-order valence-corrected chi connectivity index (χ1v) is 12.9. The Balaban J connectivity index is 1.45. The molecule has 2 aliphatic heterocycles. The minimum atomic E-state index is -3.31. The lowest BCUT2D eigenvalue weighted by Crippen LogP contribution is -2.35. The van der Waals surface area contributed by atoms with Gasteiger partial charge in [0.1, 0.15) is 5.01 Å². The maximum absolute atomic E-state index is 13.4. The van der Waals surface area contributed by atoms with Crippen molar-refractivity contribution in [2.45, 2.75) is 31.7 Å². The predicted molar refractivity (Wildman–Crippen MR) is 120 cm³/mol. The summed E-state index contributed by atoms with van der Waals surface area (Å²) in [4.78, 5) is 20.1. The zero-order valence-electron chi connectivity index (χ0n) is 16.7. The molecule has 3 aromatic rings. The van der Waals surface area contributed by atoms with Gasteiger partial charge in [0.05, 0.1) is 28.2 Å². The lowest BCUT2D eigenvalue weighted by atomic mass is 10.00. The molecule has 6 nitrogen and oxygen atoms in total. The molecule has 1 amide bonds. The Morgan fingerprint density at radius 3 is 2.77 bits per heavy atom. The third kappa shape index (κ3) is 3.37. The number of hydrogen-bond acceptors (Lipinski definition) is 5. The number of likely N-dealkylation sites (tertiary alicyclic amines) is 1. The lowest BCUT2D eigenvalue weighted by Gasteiger charge is -2.30. The average molecular weight is 442 g/mol. The standard InChI is InChI=1S/C22H23N3O3S2/c1-30(27,28)25-13-4-6-15-14-16(10-11-18(15)25)22(26)24-12-5-8-19(24)21-23-17-7-2-3-9-20(17)29-21/h2-3,7,9-11,14,19H,4-6,8,12-13H2,1H3/t19-/m0/s1. The zero-order valence-corrected chi connectivity index (χ0v) is 18.4. The fourth-order valence-electron chi connectivity index (χ4n) is 4.51. The molecule has 3 heterocycles. The molecule has 1 atom stereocenters. The third-order valence-electron chi connectivity index (χ3n) is 5.91. The molecule has 1 aromatic heterocycles. The molecule has 0 aliphatic carbocycles. The molecule has 5 rings (SSSR count). The number of anilines is 1. The second-order valence-corrected chi connectivity index (χ2v) is 10.9. The van der Waals surface area contributed by atoms with Crippen molar-refractivity contribution in [3.05, 3.63) is 58.6 Å². The van der Waals surface area contributed by atoms with Crippen LogP contribution in [0.5, 0.6) is 0 Å². The summed E-state index contributed by atoms with van der Waals surface area (Å²) in [5.41, 5.74) is 3.22. The summed E-state index contributed by atoms with van der Waals surface area (Å²) in [6, 6.07) is 13.5. The van der Waals surface area contributed by atoms with Gasteiger partial charge in [-0.3, -0.25) is 9.10 Å². The number of sulfonamides is 1. The quantitative estimate of drug-likeness (QED) is 0.616. The number of thiazole rings is 1. The molecule has 0 unspecified atom stereocenters. The molecular weight excluding hydrogens is 418 g/mol. The Bertz CT molecular complexity index is 1200. The molecule has 2 aromatic carbocycles. The van der Waals surface area contributed by atoms with E-state index in [1.165, 1.54) is 10.6 Å². The number of nitrogens with zero attached hydrogens (tertiary/aromatic N) is 3. The molecule has 2 aliphatic rings. The van der Waals surface area contributed by atoms with Crippen LogP contribution in [0.3, 0.4) is 0 Å². The van der Waals surface area contributed by atoms with E-state index in [0.717, 1.165) is 46.5 Å². The second kappa shape index (κ2) is 7.35. The van der Waals surface area contributed by atoms with Gasteiger partial charge in [-0.1, -0.05) is 12.1 Å². The van der Waals surface area contributed by atoms with Gasteiger partial charge < -0.3 is 4.90 Å². The summed E-state index contributed by atoms with van der Waals surface area (Å²) >= 11 is 1.66. The highest BCUT2D eigenvalue weighted by molar-refractivity contribution is 7.92. The number of rotatable bonds is 3. The predicted octanol–water partition coefficient (Wildman–Crippen LogP) is 3.99. The topological polar surface area (TPSA) is 70.6 Å². The van der Waals surface area contributed by atoms with Crippen LogP contribution in [-0.4, -0.2) is 43.6 Å². The van der Waals surface area contributed by atoms with Crippen molar-refractivity contribution in [3.63, 3.8) is 0 Å². The van der Waals surface area contributed by atoms with E-state index in [1.807, 2.05) is 29.2 Å². The largest absolute Gasteiger partial charge is 0.329 e. The van der Waals surface area contributed by atoms with Crippen LogP contribution < -0.4 is 4.31 Å². The number of fused-ring (bicyclic) bond motifs is 2. The number of carbonyl (C=O) groups excluding carboxylic acids is 1. The minimum absolute atomic E-state index is 0.00143. The molecule has 0 radical (unpaired) electrons. The summed E-state index contributed by atoms with van der Waals surface area (Å²) in [6.07, 6.45) is 4.64. The van der Waals surface area contributed by atoms with Crippen molar-refractivity contribution in [1.82, 2.24) is 9.88 Å². The van der Waals surface area contributed by atoms with Gasteiger partial charge in [0.2, 0.25) is 10.0 Å². The van der Waals surface area contributed by atoms with Gasteiger partial charge in [0, 0.05) is 18.7 Å². The van der Waals surface area contributed by atoms with Gasteiger partial charge >= 0.3 is 0 Å². The van der Waals surface area contributed by atoms with Gasteiger partial charge in [-0.25, -0.2) is 13.4 Å². The molecule has 0 spiro atoms.